The Kier molecular flexibility index (Phi) is 5.65. The highest BCUT2D eigenvalue weighted by Crippen LogP contribution is 2.30. The number of anilines is 1. The molecule has 0 unspecified atom stereocenters. The third-order valence-electron chi connectivity index (χ3n) is 5.68. The fraction of sp³-hybridized carbons (Fsp3) is 0.120. The number of amides is 2. The van der Waals surface area contributed by atoms with Crippen LogP contribution in [0.15, 0.2) is 88.2 Å². The highest BCUT2D eigenvalue weighted by Gasteiger charge is 2.37. The molecule has 3 aromatic carbocycles. The molecule has 0 N–H and O–H groups in total. The lowest BCUT2D eigenvalue weighted by atomic mass is 10.1. The molecule has 0 aliphatic carbocycles. The van der Waals surface area contributed by atoms with Crippen LogP contribution in [0.4, 0.5) is 5.69 Å². The molecule has 0 spiro atoms. The van der Waals surface area contributed by atoms with Gasteiger partial charge >= 0.3 is 5.97 Å². The van der Waals surface area contributed by atoms with Crippen molar-refractivity contribution in [2.45, 2.75) is 4.90 Å². The zero-order chi connectivity index (χ0) is 24.6. The van der Waals surface area contributed by atoms with Crippen molar-refractivity contribution in [2.75, 3.05) is 24.6 Å². The van der Waals surface area contributed by atoms with Crippen molar-refractivity contribution < 1.29 is 27.5 Å². The molecule has 176 valence electrons. The Morgan fingerprint density at radius 3 is 2.06 bits per heavy atom. The van der Waals surface area contributed by atoms with Gasteiger partial charge in [0.05, 0.1) is 17.7 Å². The maximum atomic E-state index is 12.6. The Morgan fingerprint density at radius 1 is 0.829 bits per heavy atom. The second-order valence-corrected chi connectivity index (χ2v) is 9.41. The Balaban J connectivity index is 1.30. The number of sulfonamides is 1. The van der Waals surface area contributed by atoms with Crippen LogP contribution in [0.5, 0.6) is 0 Å². The highest BCUT2D eigenvalue weighted by molar-refractivity contribution is 7.90. The van der Waals surface area contributed by atoms with Crippen molar-refractivity contribution in [3.63, 3.8) is 0 Å². The van der Waals surface area contributed by atoms with Crippen LogP contribution in [0.3, 0.4) is 0 Å². The maximum Gasteiger partial charge on any atom is 0.326 e. The van der Waals surface area contributed by atoms with Crippen LogP contribution in [0.1, 0.15) is 26.3 Å². The Bertz CT molecular complexity index is 1450. The highest BCUT2D eigenvalue weighted by atomic mass is 32.2. The molecule has 0 bridgehead atoms. The van der Waals surface area contributed by atoms with E-state index in [4.69, 9.17) is 4.74 Å². The maximum absolute atomic E-state index is 12.6. The zero-order valence-corrected chi connectivity index (χ0v) is 19.1. The summed E-state index contributed by atoms with van der Waals surface area (Å²) in [5.74, 6) is -1.62. The number of rotatable bonds is 6. The van der Waals surface area contributed by atoms with E-state index >= 15 is 0 Å². The van der Waals surface area contributed by atoms with Gasteiger partial charge in [0.15, 0.2) is 5.84 Å². The van der Waals surface area contributed by atoms with Gasteiger partial charge in [-0.25, -0.2) is 0 Å². The van der Waals surface area contributed by atoms with E-state index in [-0.39, 0.29) is 35.0 Å². The van der Waals surface area contributed by atoms with Gasteiger partial charge in [-0.3, -0.25) is 19.3 Å². The molecule has 5 rings (SSSR count). The van der Waals surface area contributed by atoms with Crippen molar-refractivity contribution >= 4 is 39.3 Å². The van der Waals surface area contributed by atoms with Gasteiger partial charge in [-0.05, 0) is 36.4 Å². The normalized spacial score (nSPS) is 15.4. The quantitative estimate of drug-likeness (QED) is 0.386. The van der Waals surface area contributed by atoms with Crippen LogP contribution in [-0.4, -0.2) is 56.6 Å². The number of carbonyl (C=O) groups excluding carboxylic acids is 3. The summed E-state index contributed by atoms with van der Waals surface area (Å²) in [5.41, 5.74) is 1.61. The van der Waals surface area contributed by atoms with Crippen molar-refractivity contribution in [3.05, 3.63) is 95.6 Å². The average molecular weight is 490 g/mol. The number of amidine groups is 1. The summed E-state index contributed by atoms with van der Waals surface area (Å²) in [6.45, 7) is -0.547. The first-order valence-corrected chi connectivity index (χ1v) is 12.2. The molecular weight excluding hydrogens is 470 g/mol. The number of fused-ring (bicyclic) bond motifs is 2. The predicted molar refractivity (Wildman–Crippen MR) is 127 cm³/mol. The minimum atomic E-state index is -3.85. The summed E-state index contributed by atoms with van der Waals surface area (Å²) in [5, 5.41) is 0. The van der Waals surface area contributed by atoms with Gasteiger partial charge in [0, 0.05) is 11.3 Å². The third-order valence-corrected chi connectivity index (χ3v) is 7.00. The molecule has 2 heterocycles. The topological polar surface area (TPSA) is 113 Å². The number of carbonyl (C=O) groups is 3. The molecule has 0 saturated heterocycles. The Morgan fingerprint density at radius 2 is 1.40 bits per heavy atom. The second kappa shape index (κ2) is 8.80. The number of nitrogens with zero attached hydrogens (tertiary/aromatic N) is 3. The van der Waals surface area contributed by atoms with E-state index in [1.165, 1.54) is 18.2 Å². The van der Waals surface area contributed by atoms with Crippen LogP contribution in [0.2, 0.25) is 0 Å². The fourth-order valence-electron chi connectivity index (χ4n) is 4.06. The van der Waals surface area contributed by atoms with Gasteiger partial charge < -0.3 is 9.64 Å². The summed E-state index contributed by atoms with van der Waals surface area (Å²) in [6, 6.07) is 21.9. The minimum absolute atomic E-state index is 0.0978. The zero-order valence-electron chi connectivity index (χ0n) is 18.3. The van der Waals surface area contributed by atoms with Crippen molar-refractivity contribution in [1.29, 1.82) is 0 Å². The average Bonchev–Trinajstić information content (AvgIpc) is 3.28. The molecule has 9 nitrogen and oxygen atoms in total. The SMILES string of the molecule is O=C(CN1C(=O)c2ccccc2C1=O)OCCN(C1=NS(=O)(=O)c2ccccc21)c1ccccc1. The molecule has 2 amide bonds. The fourth-order valence-corrected chi connectivity index (χ4v) is 5.27. The number of imide groups is 1. The van der Waals surface area contributed by atoms with Crippen LogP contribution in [0.25, 0.3) is 0 Å². The molecule has 0 atom stereocenters. The van der Waals surface area contributed by atoms with Gasteiger partial charge in [-0.15, -0.1) is 4.40 Å². The summed E-state index contributed by atoms with van der Waals surface area (Å²) in [4.78, 5) is 40.0. The number of benzene rings is 3. The van der Waals surface area contributed by atoms with Gasteiger partial charge in [0.25, 0.3) is 21.8 Å². The van der Waals surface area contributed by atoms with E-state index in [0.29, 0.717) is 11.3 Å². The smallest absolute Gasteiger partial charge is 0.326 e. The standard InChI is InChI=1S/C25H19N3O6S/c29-22(16-28-24(30)18-10-4-5-11-19(18)25(28)31)34-15-14-27(17-8-2-1-3-9-17)23-20-12-6-7-13-21(20)35(32,33)26-23/h1-13H,14-16H2. The van der Waals surface area contributed by atoms with Crippen molar-refractivity contribution in [2.24, 2.45) is 4.40 Å². The number of hydrogen-bond acceptors (Lipinski definition) is 7. The molecular formula is C25H19N3O6S. The molecule has 3 aromatic rings. The minimum Gasteiger partial charge on any atom is -0.462 e. The number of hydrogen-bond donors (Lipinski definition) is 0. The van der Waals surface area contributed by atoms with E-state index in [9.17, 15) is 22.8 Å². The van der Waals surface area contributed by atoms with E-state index in [2.05, 4.69) is 4.40 Å². The monoisotopic (exact) mass is 489 g/mol. The van der Waals surface area contributed by atoms with E-state index in [1.54, 1.807) is 59.5 Å². The second-order valence-electron chi connectivity index (χ2n) is 7.84. The van der Waals surface area contributed by atoms with Crippen molar-refractivity contribution in [3.8, 4) is 0 Å². The number of para-hydroxylation sites is 1. The number of esters is 1. The summed E-state index contributed by atoms with van der Waals surface area (Å²) < 4.78 is 34.4. The molecule has 0 fully saturated rings. The lowest BCUT2D eigenvalue weighted by Crippen LogP contribution is -2.38. The lowest BCUT2D eigenvalue weighted by molar-refractivity contribution is -0.143. The van der Waals surface area contributed by atoms with Gasteiger partial charge in [-0.1, -0.05) is 42.5 Å². The van der Waals surface area contributed by atoms with Crippen LogP contribution >= 0.6 is 0 Å². The van der Waals surface area contributed by atoms with Gasteiger partial charge in [-0.2, -0.15) is 8.42 Å². The van der Waals surface area contributed by atoms with Gasteiger partial charge in [0.1, 0.15) is 18.0 Å². The van der Waals surface area contributed by atoms with Crippen LogP contribution in [-0.2, 0) is 19.6 Å². The first-order chi connectivity index (χ1) is 16.9. The molecule has 0 aromatic heterocycles. The largest absolute Gasteiger partial charge is 0.462 e. The Labute approximate surface area is 201 Å². The lowest BCUT2D eigenvalue weighted by Gasteiger charge is -2.24. The van der Waals surface area contributed by atoms with E-state index < -0.39 is 34.4 Å². The van der Waals surface area contributed by atoms with E-state index in [0.717, 1.165) is 4.90 Å². The first kappa shape index (κ1) is 22.5. The molecule has 0 radical (unpaired) electrons. The summed E-state index contributed by atoms with van der Waals surface area (Å²) in [6.07, 6.45) is 0. The van der Waals surface area contributed by atoms with Crippen LogP contribution in [0, 0.1) is 0 Å². The molecule has 2 aliphatic heterocycles. The first-order valence-electron chi connectivity index (χ1n) is 10.7. The van der Waals surface area contributed by atoms with E-state index in [1.807, 2.05) is 6.07 Å². The van der Waals surface area contributed by atoms with Crippen LogP contribution < -0.4 is 4.90 Å². The molecule has 35 heavy (non-hydrogen) atoms. The Hall–Kier alpha value is -4.31. The van der Waals surface area contributed by atoms with Crippen molar-refractivity contribution in [1.82, 2.24) is 4.90 Å². The number of ether oxygens (including phenoxy) is 1. The molecule has 0 saturated carbocycles. The molecule has 10 heteroatoms. The predicted octanol–water partition coefficient (Wildman–Crippen LogP) is 2.48. The molecule has 2 aliphatic rings. The third kappa shape index (κ3) is 4.08. The van der Waals surface area contributed by atoms with Gasteiger partial charge in [0.2, 0.25) is 0 Å². The summed E-state index contributed by atoms with van der Waals surface area (Å²) >= 11 is 0. The summed E-state index contributed by atoms with van der Waals surface area (Å²) in [7, 11) is -3.85.